The van der Waals surface area contributed by atoms with Crippen LogP contribution in [0.4, 0.5) is 5.69 Å². The van der Waals surface area contributed by atoms with Crippen molar-refractivity contribution < 1.29 is 14.4 Å². The third-order valence-electron chi connectivity index (χ3n) is 4.85. The number of anilines is 1. The lowest BCUT2D eigenvalue weighted by Gasteiger charge is -2.27. The second-order valence-electron chi connectivity index (χ2n) is 6.84. The minimum Gasteiger partial charge on any atom is -0.330 e. The van der Waals surface area contributed by atoms with Crippen LogP contribution in [0, 0.1) is 0 Å². The summed E-state index contributed by atoms with van der Waals surface area (Å²) in [4.78, 5) is 41.1. The Hall–Kier alpha value is -2.66. The molecule has 1 atom stereocenters. The van der Waals surface area contributed by atoms with Crippen LogP contribution in [0.25, 0.3) is 0 Å². The van der Waals surface area contributed by atoms with Crippen molar-refractivity contribution >= 4 is 35.0 Å². The Labute approximate surface area is 169 Å². The molecule has 2 aromatic carbocycles. The fourth-order valence-corrected chi connectivity index (χ4v) is 3.55. The van der Waals surface area contributed by atoms with Gasteiger partial charge < -0.3 is 4.90 Å². The number of hydrogen-bond donors (Lipinski definition) is 0. The van der Waals surface area contributed by atoms with Gasteiger partial charge in [0.25, 0.3) is 5.91 Å². The predicted octanol–water partition coefficient (Wildman–Crippen LogP) is 3.84. The summed E-state index contributed by atoms with van der Waals surface area (Å²) in [5, 5.41) is 0.530. The van der Waals surface area contributed by atoms with Crippen molar-refractivity contribution in [1.82, 2.24) is 4.90 Å². The number of nitrogens with zero attached hydrogens (tertiary/aromatic N) is 2. The van der Waals surface area contributed by atoms with Crippen molar-refractivity contribution in [3.8, 4) is 0 Å². The molecule has 0 aromatic heterocycles. The number of amides is 3. The van der Waals surface area contributed by atoms with Crippen LogP contribution < -0.4 is 4.90 Å². The Morgan fingerprint density at radius 2 is 1.79 bits per heavy atom. The number of halogens is 1. The van der Waals surface area contributed by atoms with Crippen molar-refractivity contribution in [3.05, 3.63) is 65.2 Å². The molecule has 1 fully saturated rings. The quantitative estimate of drug-likeness (QED) is 0.666. The molecule has 6 heteroatoms. The van der Waals surface area contributed by atoms with E-state index in [-0.39, 0.29) is 24.1 Å². The summed E-state index contributed by atoms with van der Waals surface area (Å²) in [6, 6.07) is 15.6. The molecule has 0 bridgehead atoms. The van der Waals surface area contributed by atoms with Crippen molar-refractivity contribution in [2.45, 2.75) is 38.6 Å². The molecule has 3 amide bonds. The van der Waals surface area contributed by atoms with Gasteiger partial charge in [0, 0.05) is 18.0 Å². The molecule has 0 aliphatic carbocycles. The smallest absolute Gasteiger partial charge is 0.257 e. The SMILES string of the molecule is CCCC(=O)N(CCc1ccccc1)C1CC(=O)N(c2ccc(Cl)cc2)C1=O. The van der Waals surface area contributed by atoms with Crippen molar-refractivity contribution in [2.24, 2.45) is 0 Å². The highest BCUT2D eigenvalue weighted by molar-refractivity contribution is 6.30. The molecule has 1 saturated heterocycles. The van der Waals surface area contributed by atoms with Crippen molar-refractivity contribution in [3.63, 3.8) is 0 Å². The molecule has 28 heavy (non-hydrogen) atoms. The Morgan fingerprint density at radius 3 is 2.43 bits per heavy atom. The molecule has 0 radical (unpaired) electrons. The Morgan fingerprint density at radius 1 is 1.11 bits per heavy atom. The fourth-order valence-electron chi connectivity index (χ4n) is 3.43. The van der Waals surface area contributed by atoms with E-state index in [2.05, 4.69) is 0 Å². The number of rotatable bonds is 7. The van der Waals surface area contributed by atoms with Gasteiger partial charge in [0.15, 0.2) is 0 Å². The van der Waals surface area contributed by atoms with Gasteiger partial charge in [-0.05, 0) is 42.7 Å². The standard InChI is InChI=1S/C22H23ClN2O3/c1-2-6-20(26)24(14-13-16-7-4-3-5-8-16)19-15-21(27)25(22(19)28)18-11-9-17(23)10-12-18/h3-5,7-12,19H,2,6,13-15H2,1H3. The van der Waals surface area contributed by atoms with Crippen LogP contribution in [0.1, 0.15) is 31.7 Å². The lowest BCUT2D eigenvalue weighted by molar-refractivity contribution is -0.138. The van der Waals surface area contributed by atoms with Gasteiger partial charge in [0.1, 0.15) is 6.04 Å². The first kappa shape index (κ1) is 20.1. The summed E-state index contributed by atoms with van der Waals surface area (Å²) < 4.78 is 0. The van der Waals surface area contributed by atoms with Crippen LogP contribution in [-0.4, -0.2) is 35.2 Å². The normalized spacial score (nSPS) is 16.5. The second kappa shape index (κ2) is 9.02. The minimum atomic E-state index is -0.758. The van der Waals surface area contributed by atoms with E-state index < -0.39 is 6.04 Å². The van der Waals surface area contributed by atoms with Gasteiger partial charge in [-0.3, -0.25) is 14.4 Å². The highest BCUT2D eigenvalue weighted by Gasteiger charge is 2.43. The van der Waals surface area contributed by atoms with E-state index in [9.17, 15) is 14.4 Å². The maximum atomic E-state index is 13.0. The monoisotopic (exact) mass is 398 g/mol. The van der Waals surface area contributed by atoms with Crippen molar-refractivity contribution in [2.75, 3.05) is 11.4 Å². The molecular weight excluding hydrogens is 376 g/mol. The highest BCUT2D eigenvalue weighted by Crippen LogP contribution is 2.27. The molecule has 146 valence electrons. The molecule has 2 aromatic rings. The zero-order chi connectivity index (χ0) is 20.1. The van der Waals surface area contributed by atoms with Gasteiger partial charge in [0.05, 0.1) is 12.1 Å². The topological polar surface area (TPSA) is 57.7 Å². The largest absolute Gasteiger partial charge is 0.330 e. The minimum absolute atomic E-state index is 0.00566. The van der Waals surface area contributed by atoms with Gasteiger partial charge >= 0.3 is 0 Å². The highest BCUT2D eigenvalue weighted by atomic mass is 35.5. The fraction of sp³-hybridized carbons (Fsp3) is 0.318. The van der Waals surface area contributed by atoms with E-state index in [0.717, 1.165) is 10.5 Å². The second-order valence-corrected chi connectivity index (χ2v) is 7.27. The summed E-state index contributed by atoms with van der Waals surface area (Å²) >= 11 is 5.90. The van der Waals surface area contributed by atoms with Gasteiger partial charge in [-0.1, -0.05) is 48.9 Å². The van der Waals surface area contributed by atoms with Crippen LogP contribution >= 0.6 is 11.6 Å². The number of carbonyl (C=O) groups excluding carboxylic acids is 3. The number of benzene rings is 2. The molecule has 1 aliphatic rings. The Balaban J connectivity index is 1.81. The predicted molar refractivity (Wildman–Crippen MR) is 109 cm³/mol. The van der Waals surface area contributed by atoms with E-state index in [1.807, 2.05) is 37.3 Å². The molecular formula is C22H23ClN2O3. The molecule has 5 nitrogen and oxygen atoms in total. The molecule has 1 aliphatic heterocycles. The maximum absolute atomic E-state index is 13.0. The summed E-state index contributed by atoms with van der Waals surface area (Å²) in [7, 11) is 0. The lowest BCUT2D eigenvalue weighted by Crippen LogP contribution is -2.46. The molecule has 1 heterocycles. The first-order valence-electron chi connectivity index (χ1n) is 9.47. The van der Waals surface area contributed by atoms with E-state index >= 15 is 0 Å². The maximum Gasteiger partial charge on any atom is 0.257 e. The summed E-state index contributed by atoms with van der Waals surface area (Å²) in [6.07, 6.45) is 1.69. The van der Waals surface area contributed by atoms with E-state index in [0.29, 0.717) is 36.5 Å². The average Bonchev–Trinajstić information content (AvgIpc) is 2.98. The van der Waals surface area contributed by atoms with Gasteiger partial charge in [-0.15, -0.1) is 0 Å². The molecule has 0 N–H and O–H groups in total. The van der Waals surface area contributed by atoms with Gasteiger partial charge in [-0.2, -0.15) is 0 Å². The summed E-state index contributed by atoms with van der Waals surface area (Å²) in [5.41, 5.74) is 1.57. The Kier molecular flexibility index (Phi) is 6.47. The molecule has 0 saturated carbocycles. The molecule has 3 rings (SSSR count). The van der Waals surface area contributed by atoms with Crippen molar-refractivity contribution in [1.29, 1.82) is 0 Å². The Bertz CT molecular complexity index is 852. The van der Waals surface area contributed by atoms with E-state index in [1.165, 1.54) is 0 Å². The van der Waals surface area contributed by atoms with E-state index in [1.54, 1.807) is 29.2 Å². The third kappa shape index (κ3) is 4.42. The zero-order valence-corrected chi connectivity index (χ0v) is 16.6. The van der Waals surface area contributed by atoms with Crippen LogP contribution in [-0.2, 0) is 20.8 Å². The zero-order valence-electron chi connectivity index (χ0n) is 15.8. The first-order chi connectivity index (χ1) is 13.5. The van der Waals surface area contributed by atoms with Crippen LogP contribution in [0.3, 0.4) is 0 Å². The number of carbonyl (C=O) groups is 3. The summed E-state index contributed by atoms with van der Waals surface area (Å²) in [5.74, 6) is -0.751. The van der Waals surface area contributed by atoms with Crippen LogP contribution in [0.2, 0.25) is 5.02 Å². The van der Waals surface area contributed by atoms with E-state index in [4.69, 9.17) is 11.6 Å². The van der Waals surface area contributed by atoms with Crippen LogP contribution in [0.5, 0.6) is 0 Å². The molecule has 1 unspecified atom stereocenters. The lowest BCUT2D eigenvalue weighted by atomic mass is 10.1. The summed E-state index contributed by atoms with van der Waals surface area (Å²) in [6.45, 7) is 2.33. The number of imide groups is 1. The molecule has 0 spiro atoms. The van der Waals surface area contributed by atoms with Crippen LogP contribution in [0.15, 0.2) is 54.6 Å². The average molecular weight is 399 g/mol. The number of hydrogen-bond acceptors (Lipinski definition) is 3. The van der Waals surface area contributed by atoms with Gasteiger partial charge in [0.2, 0.25) is 11.8 Å². The van der Waals surface area contributed by atoms with Gasteiger partial charge in [-0.25, -0.2) is 4.90 Å². The first-order valence-corrected chi connectivity index (χ1v) is 9.84. The third-order valence-corrected chi connectivity index (χ3v) is 5.10.